The quantitative estimate of drug-likeness (QED) is 0.871. The summed E-state index contributed by atoms with van der Waals surface area (Å²) in [6.45, 7) is 7.50. The zero-order valence-corrected chi connectivity index (χ0v) is 12.1. The summed E-state index contributed by atoms with van der Waals surface area (Å²) in [7, 11) is 0. The molecule has 112 valence electrons. The van der Waals surface area contributed by atoms with Gasteiger partial charge in [0, 0.05) is 12.1 Å². The molecular formula is C14H20F2N2O2. The first-order valence-electron chi connectivity index (χ1n) is 6.29. The molecule has 3 N–H and O–H groups in total. The summed E-state index contributed by atoms with van der Waals surface area (Å²) in [6.07, 6.45) is -1.10. The minimum atomic E-state index is -1.10. The second kappa shape index (κ2) is 6.17. The summed E-state index contributed by atoms with van der Waals surface area (Å²) in [5, 5.41) is 3.12. The molecule has 0 saturated carbocycles. The molecule has 1 aromatic carbocycles. The van der Waals surface area contributed by atoms with Crippen molar-refractivity contribution < 1.29 is 18.3 Å². The van der Waals surface area contributed by atoms with E-state index in [0.29, 0.717) is 12.1 Å². The third-order valence-corrected chi connectivity index (χ3v) is 2.58. The standard InChI is InChI=1S/C14H20F2N2O2/c1-8(13(17)19)20-12-10(15)5-9(6-11(12)16)7-18-14(2,3)4/h5-6,8,18H,7H2,1-4H3,(H2,17,19). The summed E-state index contributed by atoms with van der Waals surface area (Å²) in [5.74, 6) is -3.09. The van der Waals surface area contributed by atoms with Crippen LogP contribution in [-0.2, 0) is 11.3 Å². The van der Waals surface area contributed by atoms with Crippen LogP contribution in [-0.4, -0.2) is 17.6 Å². The van der Waals surface area contributed by atoms with Gasteiger partial charge in [-0.3, -0.25) is 4.79 Å². The monoisotopic (exact) mass is 286 g/mol. The van der Waals surface area contributed by atoms with Gasteiger partial charge in [-0.2, -0.15) is 0 Å². The van der Waals surface area contributed by atoms with Crippen molar-refractivity contribution in [1.29, 1.82) is 0 Å². The van der Waals surface area contributed by atoms with Crippen molar-refractivity contribution in [2.45, 2.75) is 45.9 Å². The van der Waals surface area contributed by atoms with Crippen molar-refractivity contribution in [2.75, 3.05) is 0 Å². The number of carbonyl (C=O) groups is 1. The molecule has 20 heavy (non-hydrogen) atoms. The first-order valence-corrected chi connectivity index (χ1v) is 6.29. The Balaban J connectivity index is 2.89. The minimum absolute atomic E-state index is 0.164. The Bertz CT molecular complexity index is 475. The number of benzene rings is 1. The third-order valence-electron chi connectivity index (χ3n) is 2.58. The Morgan fingerprint density at radius 1 is 1.35 bits per heavy atom. The molecule has 6 heteroatoms. The highest BCUT2D eigenvalue weighted by Gasteiger charge is 2.19. The van der Waals surface area contributed by atoms with Gasteiger partial charge in [0.1, 0.15) is 0 Å². The van der Waals surface area contributed by atoms with Gasteiger partial charge in [-0.25, -0.2) is 8.78 Å². The van der Waals surface area contributed by atoms with Crippen LogP contribution < -0.4 is 15.8 Å². The molecule has 0 heterocycles. The summed E-state index contributed by atoms with van der Waals surface area (Å²) in [4.78, 5) is 10.8. The van der Waals surface area contributed by atoms with E-state index >= 15 is 0 Å². The first kappa shape index (κ1) is 16.4. The molecule has 0 radical (unpaired) electrons. The number of halogens is 2. The molecule has 0 aliphatic heterocycles. The highest BCUT2D eigenvalue weighted by molar-refractivity contribution is 5.78. The number of ether oxygens (including phenoxy) is 1. The average molecular weight is 286 g/mol. The van der Waals surface area contributed by atoms with E-state index in [1.165, 1.54) is 19.1 Å². The first-order chi connectivity index (χ1) is 9.10. The van der Waals surface area contributed by atoms with Gasteiger partial charge in [0.15, 0.2) is 23.5 Å². The number of hydrogen-bond acceptors (Lipinski definition) is 3. The summed E-state index contributed by atoms with van der Waals surface area (Å²) >= 11 is 0. The van der Waals surface area contributed by atoms with E-state index in [-0.39, 0.29) is 5.54 Å². The van der Waals surface area contributed by atoms with Crippen molar-refractivity contribution in [1.82, 2.24) is 5.32 Å². The van der Waals surface area contributed by atoms with Crippen LogP contribution in [0.25, 0.3) is 0 Å². The summed E-state index contributed by atoms with van der Waals surface area (Å²) in [5.41, 5.74) is 5.28. The number of amides is 1. The molecule has 1 atom stereocenters. The van der Waals surface area contributed by atoms with E-state index in [9.17, 15) is 13.6 Å². The van der Waals surface area contributed by atoms with Gasteiger partial charge in [0.2, 0.25) is 0 Å². The highest BCUT2D eigenvalue weighted by atomic mass is 19.1. The number of nitrogens with two attached hydrogens (primary N) is 1. The molecule has 0 aromatic heterocycles. The number of rotatable bonds is 5. The molecule has 0 aliphatic rings. The lowest BCUT2D eigenvalue weighted by Crippen LogP contribution is -2.35. The molecule has 0 spiro atoms. The fraction of sp³-hybridized carbons (Fsp3) is 0.500. The van der Waals surface area contributed by atoms with E-state index in [1.807, 2.05) is 20.8 Å². The number of hydrogen-bond donors (Lipinski definition) is 2. The van der Waals surface area contributed by atoms with E-state index < -0.39 is 29.4 Å². The lowest BCUT2D eigenvalue weighted by atomic mass is 10.1. The van der Waals surface area contributed by atoms with Crippen LogP contribution in [0.2, 0.25) is 0 Å². The topological polar surface area (TPSA) is 64.3 Å². The van der Waals surface area contributed by atoms with Gasteiger partial charge < -0.3 is 15.8 Å². The third kappa shape index (κ3) is 4.77. The van der Waals surface area contributed by atoms with E-state index in [4.69, 9.17) is 10.5 Å². The lowest BCUT2D eigenvalue weighted by Gasteiger charge is -2.21. The van der Waals surface area contributed by atoms with Crippen molar-refractivity contribution in [3.05, 3.63) is 29.3 Å². The molecule has 0 bridgehead atoms. The summed E-state index contributed by atoms with van der Waals surface area (Å²) in [6, 6.07) is 2.34. The largest absolute Gasteiger partial charge is 0.475 e. The van der Waals surface area contributed by atoms with Gasteiger partial charge >= 0.3 is 0 Å². The van der Waals surface area contributed by atoms with Crippen LogP contribution in [0.3, 0.4) is 0 Å². The van der Waals surface area contributed by atoms with Gasteiger partial charge in [0.25, 0.3) is 5.91 Å². The van der Waals surface area contributed by atoms with Gasteiger partial charge in [-0.15, -0.1) is 0 Å². The van der Waals surface area contributed by atoms with Crippen LogP contribution in [0.15, 0.2) is 12.1 Å². The molecule has 0 fully saturated rings. The normalized spacial score (nSPS) is 13.1. The molecule has 1 amide bonds. The number of primary amides is 1. The SMILES string of the molecule is CC(Oc1c(F)cc(CNC(C)(C)C)cc1F)C(N)=O. The maximum absolute atomic E-state index is 13.8. The maximum atomic E-state index is 13.8. The van der Waals surface area contributed by atoms with Crippen molar-refractivity contribution in [3.63, 3.8) is 0 Å². The molecule has 0 aliphatic carbocycles. The Labute approximate surface area is 117 Å². The van der Waals surface area contributed by atoms with Crippen LogP contribution >= 0.6 is 0 Å². The fourth-order valence-corrected chi connectivity index (χ4v) is 1.43. The van der Waals surface area contributed by atoms with Crippen LogP contribution in [0.1, 0.15) is 33.3 Å². The molecular weight excluding hydrogens is 266 g/mol. The maximum Gasteiger partial charge on any atom is 0.258 e. The van der Waals surface area contributed by atoms with Crippen LogP contribution in [0, 0.1) is 11.6 Å². The Morgan fingerprint density at radius 3 is 2.25 bits per heavy atom. The molecule has 1 unspecified atom stereocenters. The van der Waals surface area contributed by atoms with E-state index in [2.05, 4.69) is 5.32 Å². The molecule has 1 aromatic rings. The Kier molecular flexibility index (Phi) is 5.05. The summed E-state index contributed by atoms with van der Waals surface area (Å²) < 4.78 is 32.5. The highest BCUT2D eigenvalue weighted by Crippen LogP contribution is 2.24. The Morgan fingerprint density at radius 2 is 1.85 bits per heavy atom. The fourth-order valence-electron chi connectivity index (χ4n) is 1.43. The predicted octanol–water partition coefficient (Wildman–Crippen LogP) is 2.11. The Hall–Kier alpha value is -1.69. The van der Waals surface area contributed by atoms with E-state index in [1.54, 1.807) is 0 Å². The van der Waals surface area contributed by atoms with Crippen molar-refractivity contribution in [3.8, 4) is 5.75 Å². The predicted molar refractivity (Wildman–Crippen MR) is 72.2 cm³/mol. The van der Waals surface area contributed by atoms with Gasteiger partial charge in [0.05, 0.1) is 0 Å². The molecule has 1 rings (SSSR count). The molecule has 4 nitrogen and oxygen atoms in total. The van der Waals surface area contributed by atoms with Crippen LogP contribution in [0.4, 0.5) is 8.78 Å². The smallest absolute Gasteiger partial charge is 0.258 e. The number of carbonyl (C=O) groups excluding carboxylic acids is 1. The second-order valence-electron chi connectivity index (χ2n) is 5.65. The van der Waals surface area contributed by atoms with E-state index in [0.717, 1.165) is 0 Å². The van der Waals surface area contributed by atoms with Crippen molar-refractivity contribution >= 4 is 5.91 Å². The lowest BCUT2D eigenvalue weighted by molar-refractivity contribution is -0.124. The van der Waals surface area contributed by atoms with Gasteiger partial charge in [-0.05, 0) is 45.4 Å². The zero-order chi connectivity index (χ0) is 15.5. The average Bonchev–Trinajstić information content (AvgIpc) is 2.29. The second-order valence-corrected chi connectivity index (χ2v) is 5.65. The zero-order valence-electron chi connectivity index (χ0n) is 12.1. The minimum Gasteiger partial charge on any atom is -0.475 e. The molecule has 0 saturated heterocycles. The van der Waals surface area contributed by atoms with Crippen LogP contribution in [0.5, 0.6) is 5.75 Å². The number of nitrogens with one attached hydrogen (secondary N) is 1. The van der Waals surface area contributed by atoms with Crippen molar-refractivity contribution in [2.24, 2.45) is 5.73 Å². The van der Waals surface area contributed by atoms with Gasteiger partial charge in [-0.1, -0.05) is 0 Å².